The summed E-state index contributed by atoms with van der Waals surface area (Å²) in [6.45, 7) is 8.12. The Balaban J connectivity index is 1.96. The summed E-state index contributed by atoms with van der Waals surface area (Å²) in [7, 11) is 0. The average molecular weight is 319 g/mol. The van der Waals surface area contributed by atoms with E-state index in [0.29, 0.717) is 10.2 Å². The molecule has 0 radical (unpaired) electrons. The lowest BCUT2D eigenvalue weighted by molar-refractivity contribution is 0.0899. The minimum absolute atomic E-state index is 0.0191. The number of nitrogens with one attached hydrogen (secondary N) is 2. The number of hydrogen-bond donors (Lipinski definition) is 2. The molecule has 0 spiro atoms. The van der Waals surface area contributed by atoms with Crippen LogP contribution in [0, 0.1) is 5.41 Å². The Bertz CT molecular complexity index is 798. The highest BCUT2D eigenvalue weighted by molar-refractivity contribution is 7.18. The van der Waals surface area contributed by atoms with E-state index in [4.69, 9.17) is 0 Å². The Morgan fingerprint density at radius 2 is 2.09 bits per heavy atom. The van der Waals surface area contributed by atoms with Gasteiger partial charge in [-0.15, -0.1) is 11.3 Å². The van der Waals surface area contributed by atoms with Gasteiger partial charge in [0.25, 0.3) is 11.5 Å². The molecule has 22 heavy (non-hydrogen) atoms. The van der Waals surface area contributed by atoms with Crippen LogP contribution in [0.5, 0.6) is 0 Å². The number of amides is 1. The predicted molar refractivity (Wildman–Crippen MR) is 88.6 cm³/mol. The molecule has 2 aromatic heterocycles. The van der Waals surface area contributed by atoms with Gasteiger partial charge in [-0.05, 0) is 37.2 Å². The maximum Gasteiger partial charge on any atom is 0.287 e. The number of thiophene rings is 1. The predicted octanol–water partition coefficient (Wildman–Crippen LogP) is 2.64. The zero-order valence-electron chi connectivity index (χ0n) is 13.4. The molecule has 0 saturated carbocycles. The normalized spacial score (nSPS) is 15.8. The van der Waals surface area contributed by atoms with Crippen molar-refractivity contribution in [3.05, 3.63) is 26.6 Å². The van der Waals surface area contributed by atoms with E-state index >= 15 is 0 Å². The Morgan fingerprint density at radius 1 is 1.36 bits per heavy atom. The van der Waals surface area contributed by atoms with Gasteiger partial charge < -0.3 is 10.3 Å². The summed E-state index contributed by atoms with van der Waals surface area (Å²) in [6, 6.07) is -0.0191. The molecule has 6 heteroatoms. The molecule has 1 aliphatic rings. The molecule has 0 fully saturated rings. The molecule has 1 aliphatic carbocycles. The van der Waals surface area contributed by atoms with Gasteiger partial charge in [-0.25, -0.2) is 4.98 Å². The molecule has 0 unspecified atom stereocenters. The maximum atomic E-state index is 12.3. The quantitative estimate of drug-likeness (QED) is 0.893. The Kier molecular flexibility index (Phi) is 3.59. The minimum atomic E-state index is -0.324. The number of nitrogens with zero attached hydrogens (tertiary/aromatic N) is 1. The summed E-state index contributed by atoms with van der Waals surface area (Å²) >= 11 is 1.55. The van der Waals surface area contributed by atoms with Gasteiger partial charge in [0.1, 0.15) is 4.83 Å². The number of rotatable bonds is 2. The summed E-state index contributed by atoms with van der Waals surface area (Å²) in [5.41, 5.74) is 0.881. The van der Waals surface area contributed by atoms with E-state index < -0.39 is 0 Å². The third-order valence-corrected chi connectivity index (χ3v) is 5.62. The summed E-state index contributed by atoms with van der Waals surface area (Å²) in [4.78, 5) is 33.6. The van der Waals surface area contributed by atoms with Crippen molar-refractivity contribution in [3.63, 3.8) is 0 Å². The van der Waals surface area contributed by atoms with Gasteiger partial charge in [0, 0.05) is 10.9 Å². The summed E-state index contributed by atoms with van der Waals surface area (Å²) < 4.78 is 0. The second-order valence-electron chi connectivity index (χ2n) is 7.01. The van der Waals surface area contributed by atoms with Gasteiger partial charge in [0.2, 0.25) is 5.82 Å². The summed E-state index contributed by atoms with van der Waals surface area (Å²) in [5, 5.41) is 3.59. The van der Waals surface area contributed by atoms with Crippen molar-refractivity contribution in [1.29, 1.82) is 0 Å². The van der Waals surface area contributed by atoms with Crippen molar-refractivity contribution < 1.29 is 4.79 Å². The van der Waals surface area contributed by atoms with E-state index in [1.54, 1.807) is 11.3 Å². The second kappa shape index (κ2) is 5.19. The molecule has 1 amide bonds. The van der Waals surface area contributed by atoms with Gasteiger partial charge in [0.15, 0.2) is 0 Å². The van der Waals surface area contributed by atoms with Crippen molar-refractivity contribution in [1.82, 2.24) is 15.3 Å². The van der Waals surface area contributed by atoms with Crippen molar-refractivity contribution >= 4 is 27.5 Å². The number of hydrogen-bond acceptors (Lipinski definition) is 4. The lowest BCUT2D eigenvalue weighted by Gasteiger charge is -2.27. The molecule has 2 aromatic rings. The highest BCUT2D eigenvalue weighted by Gasteiger charge is 2.25. The first-order chi connectivity index (χ1) is 10.3. The topological polar surface area (TPSA) is 74.8 Å². The average Bonchev–Trinajstić information content (AvgIpc) is 2.96. The fraction of sp³-hybridized carbons (Fsp3) is 0.562. The van der Waals surface area contributed by atoms with Crippen molar-refractivity contribution in [2.75, 3.05) is 0 Å². The summed E-state index contributed by atoms with van der Waals surface area (Å²) in [6.07, 6.45) is 3.05. The third kappa shape index (κ3) is 2.56. The number of H-pyrrole nitrogens is 1. The molecular weight excluding hydrogens is 298 g/mol. The van der Waals surface area contributed by atoms with Gasteiger partial charge >= 0.3 is 0 Å². The Morgan fingerprint density at radius 3 is 2.77 bits per heavy atom. The summed E-state index contributed by atoms with van der Waals surface area (Å²) in [5.74, 6) is -0.219. The first-order valence-electron chi connectivity index (χ1n) is 7.63. The third-order valence-electron chi connectivity index (χ3n) is 4.44. The van der Waals surface area contributed by atoms with Crippen LogP contribution in [0.25, 0.3) is 10.2 Å². The molecule has 2 heterocycles. The fourth-order valence-corrected chi connectivity index (χ4v) is 3.85. The van der Waals surface area contributed by atoms with Crippen LogP contribution in [0.4, 0.5) is 0 Å². The highest BCUT2D eigenvalue weighted by atomic mass is 32.1. The highest BCUT2D eigenvalue weighted by Crippen LogP contribution is 2.34. The lowest BCUT2D eigenvalue weighted by atomic mass is 9.88. The van der Waals surface area contributed by atoms with Crippen LogP contribution in [0.15, 0.2) is 4.79 Å². The molecule has 0 aliphatic heterocycles. The standard InChI is InChI=1S/C16H21N3O2S/c1-8(16(2,3)4)17-14(21)12-18-13(20)11-9-6-5-7-10(9)22-15(11)19-12/h8H,5-7H2,1-4H3,(H,17,21)(H,18,19,20)/t8-/m0/s1. The second-order valence-corrected chi connectivity index (χ2v) is 8.10. The number of carbonyl (C=O) groups is 1. The zero-order chi connectivity index (χ0) is 16.1. The van der Waals surface area contributed by atoms with Crippen LogP contribution in [0.2, 0.25) is 0 Å². The van der Waals surface area contributed by atoms with E-state index in [1.807, 2.05) is 6.92 Å². The van der Waals surface area contributed by atoms with E-state index in [1.165, 1.54) is 4.88 Å². The monoisotopic (exact) mass is 319 g/mol. The van der Waals surface area contributed by atoms with Crippen molar-refractivity contribution in [3.8, 4) is 0 Å². The zero-order valence-corrected chi connectivity index (χ0v) is 14.2. The fourth-order valence-electron chi connectivity index (χ4n) is 2.59. The molecule has 5 nitrogen and oxygen atoms in total. The van der Waals surface area contributed by atoms with Crippen LogP contribution in [0.3, 0.4) is 0 Å². The molecule has 118 valence electrons. The SMILES string of the molecule is C[C@H](NC(=O)c1nc2sc3c(c2c(=O)[nH]1)CCC3)C(C)(C)C. The van der Waals surface area contributed by atoms with Crippen LogP contribution >= 0.6 is 11.3 Å². The van der Waals surface area contributed by atoms with Gasteiger partial charge in [-0.3, -0.25) is 9.59 Å². The molecule has 0 saturated heterocycles. The number of carbonyl (C=O) groups excluding carboxylic acids is 1. The van der Waals surface area contributed by atoms with Crippen molar-refractivity contribution in [2.45, 2.75) is 53.0 Å². The maximum absolute atomic E-state index is 12.3. The van der Waals surface area contributed by atoms with Crippen LogP contribution in [-0.2, 0) is 12.8 Å². The van der Waals surface area contributed by atoms with Gasteiger partial charge in [-0.2, -0.15) is 0 Å². The lowest BCUT2D eigenvalue weighted by Crippen LogP contribution is -2.42. The number of aromatic amines is 1. The Hall–Kier alpha value is -1.69. The Labute approximate surface area is 133 Å². The molecule has 0 bridgehead atoms. The van der Waals surface area contributed by atoms with Crippen molar-refractivity contribution in [2.24, 2.45) is 5.41 Å². The first-order valence-corrected chi connectivity index (χ1v) is 8.44. The first kappa shape index (κ1) is 15.2. The van der Waals surface area contributed by atoms with Crippen LogP contribution in [0.1, 0.15) is 55.2 Å². The van der Waals surface area contributed by atoms with Gasteiger partial charge in [-0.1, -0.05) is 20.8 Å². The van der Waals surface area contributed by atoms with E-state index in [0.717, 1.165) is 24.8 Å². The van der Waals surface area contributed by atoms with E-state index in [9.17, 15) is 9.59 Å². The van der Waals surface area contributed by atoms with E-state index in [-0.39, 0.29) is 28.7 Å². The number of aryl methyl sites for hydroxylation is 2. The number of aromatic nitrogens is 2. The molecule has 1 atom stereocenters. The van der Waals surface area contributed by atoms with E-state index in [2.05, 4.69) is 36.1 Å². The molecule has 0 aromatic carbocycles. The smallest absolute Gasteiger partial charge is 0.287 e. The molecule has 2 N–H and O–H groups in total. The van der Waals surface area contributed by atoms with Gasteiger partial charge in [0.05, 0.1) is 5.39 Å². The number of fused-ring (bicyclic) bond motifs is 3. The molecule has 3 rings (SSSR count). The largest absolute Gasteiger partial charge is 0.346 e. The van der Waals surface area contributed by atoms with Crippen LogP contribution < -0.4 is 10.9 Å². The van der Waals surface area contributed by atoms with Crippen LogP contribution in [-0.4, -0.2) is 21.9 Å². The minimum Gasteiger partial charge on any atom is -0.346 e. The molecular formula is C16H21N3O2S.